The van der Waals surface area contributed by atoms with Gasteiger partial charge in [0.1, 0.15) is 12.7 Å². The third-order valence-electron chi connectivity index (χ3n) is 2.96. The molecule has 0 saturated heterocycles. The second kappa shape index (κ2) is 13.1. The number of esters is 3. The van der Waals surface area contributed by atoms with Crippen molar-refractivity contribution < 1.29 is 28.6 Å². The number of hydrogen-bond acceptors (Lipinski definition) is 6. The van der Waals surface area contributed by atoms with Gasteiger partial charge >= 0.3 is 17.9 Å². The lowest BCUT2D eigenvalue weighted by molar-refractivity contribution is -0.161. The van der Waals surface area contributed by atoms with Gasteiger partial charge in [0.2, 0.25) is 0 Å². The van der Waals surface area contributed by atoms with E-state index in [9.17, 15) is 14.4 Å². The van der Waals surface area contributed by atoms with E-state index in [0.29, 0.717) is 6.61 Å². The molecule has 128 valence electrons. The molecule has 0 fully saturated rings. The number of unbranched alkanes of at least 4 members (excludes halogenated alkanes) is 5. The van der Waals surface area contributed by atoms with E-state index in [0.717, 1.165) is 19.3 Å². The molecule has 1 unspecified atom stereocenters. The van der Waals surface area contributed by atoms with E-state index in [1.54, 1.807) is 0 Å². The van der Waals surface area contributed by atoms with Crippen molar-refractivity contribution in [3.05, 3.63) is 0 Å². The highest BCUT2D eigenvalue weighted by Gasteiger charge is 2.19. The first-order chi connectivity index (χ1) is 10.5. The van der Waals surface area contributed by atoms with Crippen LogP contribution in [-0.2, 0) is 28.6 Å². The predicted molar refractivity (Wildman–Crippen MR) is 81.1 cm³/mol. The lowest BCUT2D eigenvalue weighted by Gasteiger charge is -2.16. The van der Waals surface area contributed by atoms with Crippen molar-refractivity contribution >= 4 is 17.9 Å². The molecule has 0 heterocycles. The normalized spacial score (nSPS) is 11.6. The van der Waals surface area contributed by atoms with Crippen LogP contribution >= 0.6 is 0 Å². The van der Waals surface area contributed by atoms with E-state index in [-0.39, 0.29) is 13.0 Å². The van der Waals surface area contributed by atoms with Crippen LogP contribution in [0.1, 0.15) is 65.7 Å². The van der Waals surface area contributed by atoms with E-state index in [1.807, 2.05) is 0 Å². The van der Waals surface area contributed by atoms with Crippen molar-refractivity contribution in [3.8, 4) is 0 Å². The maximum Gasteiger partial charge on any atom is 0.309 e. The molecule has 0 bridgehead atoms. The lowest BCUT2D eigenvalue weighted by atomic mass is 10.1. The summed E-state index contributed by atoms with van der Waals surface area (Å²) in [6.07, 6.45) is 5.76. The lowest BCUT2D eigenvalue weighted by Crippen LogP contribution is -2.27. The molecule has 0 rings (SSSR count). The molecule has 6 nitrogen and oxygen atoms in total. The van der Waals surface area contributed by atoms with Crippen molar-refractivity contribution in [2.45, 2.75) is 71.8 Å². The summed E-state index contributed by atoms with van der Waals surface area (Å²) in [6, 6.07) is 0. The fourth-order valence-corrected chi connectivity index (χ4v) is 1.89. The van der Waals surface area contributed by atoms with Crippen LogP contribution in [-0.4, -0.2) is 37.2 Å². The molecule has 0 aromatic heterocycles. The minimum absolute atomic E-state index is 0.108. The zero-order chi connectivity index (χ0) is 16.8. The molecule has 0 spiro atoms. The largest absolute Gasteiger partial charge is 0.466 e. The van der Waals surface area contributed by atoms with Crippen LogP contribution in [0.2, 0.25) is 0 Å². The summed E-state index contributed by atoms with van der Waals surface area (Å²) < 4.78 is 14.8. The molecule has 1 atom stereocenters. The van der Waals surface area contributed by atoms with Crippen molar-refractivity contribution in [2.24, 2.45) is 0 Å². The van der Waals surface area contributed by atoms with E-state index in [4.69, 9.17) is 14.2 Å². The average molecular weight is 316 g/mol. The molecule has 0 aromatic carbocycles. The zero-order valence-corrected chi connectivity index (χ0v) is 13.9. The van der Waals surface area contributed by atoms with Gasteiger partial charge in [-0.1, -0.05) is 39.0 Å². The van der Waals surface area contributed by atoms with E-state index < -0.39 is 24.0 Å². The van der Waals surface area contributed by atoms with Crippen LogP contribution in [0.4, 0.5) is 0 Å². The number of hydrogen-bond donors (Lipinski definition) is 0. The zero-order valence-electron chi connectivity index (χ0n) is 13.9. The molecule has 0 aromatic rings. The third kappa shape index (κ3) is 13.4. The van der Waals surface area contributed by atoms with Crippen molar-refractivity contribution in [1.82, 2.24) is 0 Å². The minimum Gasteiger partial charge on any atom is -0.466 e. The standard InChI is InChI=1S/C16H28O6/c1-4-5-6-7-8-9-10-20-16(19)11-15(22-14(3)18)12-21-13(2)17/h15H,4-12H2,1-3H3. The Kier molecular flexibility index (Phi) is 12.2. The average Bonchev–Trinajstić information content (AvgIpc) is 2.43. The van der Waals surface area contributed by atoms with Crippen LogP contribution in [0.25, 0.3) is 0 Å². The van der Waals surface area contributed by atoms with Gasteiger partial charge in [0.05, 0.1) is 13.0 Å². The van der Waals surface area contributed by atoms with Crippen molar-refractivity contribution in [1.29, 1.82) is 0 Å². The summed E-state index contributed by atoms with van der Waals surface area (Å²) in [6.45, 7) is 4.88. The van der Waals surface area contributed by atoms with Crippen LogP contribution in [0.5, 0.6) is 0 Å². The SMILES string of the molecule is CCCCCCCCOC(=O)CC(COC(C)=O)OC(C)=O. The molecule has 0 N–H and O–H groups in total. The Labute approximate surface area is 132 Å². The number of rotatable bonds is 12. The highest BCUT2D eigenvalue weighted by Crippen LogP contribution is 2.07. The van der Waals surface area contributed by atoms with Gasteiger partial charge in [-0.3, -0.25) is 14.4 Å². The Hall–Kier alpha value is -1.59. The Morgan fingerprint density at radius 3 is 2.09 bits per heavy atom. The Morgan fingerprint density at radius 1 is 0.864 bits per heavy atom. The van der Waals surface area contributed by atoms with Gasteiger partial charge in [0.15, 0.2) is 0 Å². The fourth-order valence-electron chi connectivity index (χ4n) is 1.89. The summed E-state index contributed by atoms with van der Waals surface area (Å²) in [5, 5.41) is 0. The van der Waals surface area contributed by atoms with Gasteiger partial charge in [0, 0.05) is 13.8 Å². The van der Waals surface area contributed by atoms with E-state index in [2.05, 4.69) is 6.92 Å². The number of carbonyl (C=O) groups is 3. The van der Waals surface area contributed by atoms with Gasteiger partial charge in [-0.05, 0) is 6.42 Å². The van der Waals surface area contributed by atoms with Gasteiger partial charge in [-0.25, -0.2) is 0 Å². The fraction of sp³-hybridized carbons (Fsp3) is 0.812. The Morgan fingerprint density at radius 2 is 1.50 bits per heavy atom. The molecule has 0 amide bonds. The van der Waals surface area contributed by atoms with Crippen molar-refractivity contribution in [3.63, 3.8) is 0 Å². The highest BCUT2D eigenvalue weighted by molar-refractivity contribution is 5.71. The van der Waals surface area contributed by atoms with Gasteiger partial charge in [-0.15, -0.1) is 0 Å². The monoisotopic (exact) mass is 316 g/mol. The predicted octanol–water partition coefficient (Wildman–Crippen LogP) is 2.78. The second-order valence-corrected chi connectivity index (χ2v) is 5.23. The number of ether oxygens (including phenoxy) is 3. The smallest absolute Gasteiger partial charge is 0.309 e. The molecule has 22 heavy (non-hydrogen) atoms. The van der Waals surface area contributed by atoms with Crippen LogP contribution in [0.3, 0.4) is 0 Å². The molecular formula is C16H28O6. The van der Waals surface area contributed by atoms with Crippen LogP contribution in [0.15, 0.2) is 0 Å². The first-order valence-electron chi connectivity index (χ1n) is 7.91. The van der Waals surface area contributed by atoms with Gasteiger partial charge in [-0.2, -0.15) is 0 Å². The summed E-state index contributed by atoms with van der Waals surface area (Å²) in [5.74, 6) is -1.47. The maximum atomic E-state index is 11.7. The molecule has 0 radical (unpaired) electrons. The Bertz CT molecular complexity index is 340. The number of carbonyl (C=O) groups excluding carboxylic acids is 3. The van der Waals surface area contributed by atoms with E-state index in [1.165, 1.54) is 33.1 Å². The van der Waals surface area contributed by atoms with Crippen molar-refractivity contribution in [2.75, 3.05) is 13.2 Å². The van der Waals surface area contributed by atoms with Crippen LogP contribution in [0, 0.1) is 0 Å². The maximum absolute atomic E-state index is 11.7. The Balaban J connectivity index is 3.86. The molecular weight excluding hydrogens is 288 g/mol. The minimum atomic E-state index is -0.793. The van der Waals surface area contributed by atoms with E-state index >= 15 is 0 Å². The summed E-state index contributed by atoms with van der Waals surface area (Å²) in [7, 11) is 0. The first kappa shape index (κ1) is 20.4. The summed E-state index contributed by atoms with van der Waals surface area (Å²) in [5.41, 5.74) is 0. The second-order valence-electron chi connectivity index (χ2n) is 5.23. The third-order valence-corrected chi connectivity index (χ3v) is 2.96. The summed E-state index contributed by atoms with van der Waals surface area (Å²) in [4.78, 5) is 33.4. The topological polar surface area (TPSA) is 78.9 Å². The van der Waals surface area contributed by atoms with Gasteiger partial charge in [0.25, 0.3) is 0 Å². The molecule has 0 aliphatic carbocycles. The molecule has 6 heteroatoms. The van der Waals surface area contributed by atoms with Gasteiger partial charge < -0.3 is 14.2 Å². The van der Waals surface area contributed by atoms with Crippen LogP contribution < -0.4 is 0 Å². The molecule has 0 saturated carbocycles. The highest BCUT2D eigenvalue weighted by atomic mass is 16.6. The summed E-state index contributed by atoms with van der Waals surface area (Å²) >= 11 is 0. The quantitative estimate of drug-likeness (QED) is 0.313. The molecule has 0 aliphatic heterocycles. The first-order valence-corrected chi connectivity index (χ1v) is 7.91. The molecule has 0 aliphatic rings.